The molecule has 2 saturated heterocycles. The molecule has 0 spiro atoms. The molecule has 348 valence electrons. The SMILES string of the molecule is CC(C)(C)OC(=O)NCc1ccc(CCC(=O)N2CCN(C(=O)CCC(=O)C(O)CO)CC2)cc1.NCc1ccc(CCC(=O)N2CCN(C(=O)CCC(=O)C(O)CO)CC2)cc1. The number of nitrogens with two attached hydrogens (primary N) is 1. The summed E-state index contributed by atoms with van der Waals surface area (Å²) in [5.41, 5.74) is 9.13. The number of rotatable bonds is 19. The number of piperazine rings is 2. The molecule has 4 rings (SSSR count). The molecule has 0 aliphatic carbocycles. The third kappa shape index (κ3) is 18.9. The lowest BCUT2D eigenvalue weighted by Gasteiger charge is -2.35. The van der Waals surface area contributed by atoms with Gasteiger partial charge in [-0.05, 0) is 55.9 Å². The van der Waals surface area contributed by atoms with Crippen molar-refractivity contribution in [2.75, 3.05) is 65.6 Å². The Hall–Kier alpha value is -5.27. The van der Waals surface area contributed by atoms with Gasteiger partial charge in [0.2, 0.25) is 23.6 Å². The largest absolute Gasteiger partial charge is 0.444 e. The average molecular weight is 883 g/mol. The number of carbonyl (C=O) groups excluding carboxylic acids is 7. The lowest BCUT2D eigenvalue weighted by Crippen LogP contribution is -2.50. The van der Waals surface area contributed by atoms with E-state index in [9.17, 15) is 43.8 Å². The van der Waals surface area contributed by atoms with Gasteiger partial charge in [0.25, 0.3) is 0 Å². The third-order valence-corrected chi connectivity index (χ3v) is 10.6. The molecule has 63 heavy (non-hydrogen) atoms. The first-order chi connectivity index (χ1) is 29.9. The summed E-state index contributed by atoms with van der Waals surface area (Å²) in [7, 11) is 0. The molecule has 2 aliphatic heterocycles. The van der Waals surface area contributed by atoms with Gasteiger partial charge in [-0.1, -0.05) is 48.5 Å². The minimum atomic E-state index is -1.44. The molecular weight excluding hydrogens is 817 g/mol. The Labute approximate surface area is 369 Å². The first kappa shape index (κ1) is 52.1. The molecule has 0 radical (unpaired) electrons. The van der Waals surface area contributed by atoms with Gasteiger partial charge in [-0.3, -0.25) is 28.8 Å². The van der Waals surface area contributed by atoms with Crippen molar-refractivity contribution in [2.24, 2.45) is 5.73 Å². The molecule has 18 nitrogen and oxygen atoms in total. The van der Waals surface area contributed by atoms with Crippen LogP contribution in [0.4, 0.5) is 4.79 Å². The second kappa shape index (κ2) is 26.4. The predicted molar refractivity (Wildman–Crippen MR) is 231 cm³/mol. The minimum absolute atomic E-state index is 0.00261. The lowest BCUT2D eigenvalue weighted by molar-refractivity contribution is -0.140. The summed E-state index contributed by atoms with van der Waals surface area (Å²) in [6, 6.07) is 15.6. The van der Waals surface area contributed by atoms with E-state index in [1.54, 1.807) is 40.4 Å². The van der Waals surface area contributed by atoms with E-state index in [0.717, 1.165) is 22.3 Å². The summed E-state index contributed by atoms with van der Waals surface area (Å²) in [6.07, 6.45) is -1.53. The van der Waals surface area contributed by atoms with Gasteiger partial charge in [0.05, 0.1) is 13.2 Å². The van der Waals surface area contributed by atoms with Crippen LogP contribution in [0.5, 0.6) is 0 Å². The van der Waals surface area contributed by atoms with Crippen LogP contribution in [0, 0.1) is 0 Å². The molecule has 2 aromatic carbocycles. The van der Waals surface area contributed by atoms with E-state index in [-0.39, 0.29) is 49.3 Å². The van der Waals surface area contributed by atoms with Gasteiger partial charge in [0, 0.05) is 104 Å². The fraction of sp³-hybridized carbons (Fsp3) is 0.578. The van der Waals surface area contributed by atoms with Gasteiger partial charge in [-0.2, -0.15) is 0 Å². The number of amides is 5. The second-order valence-corrected chi connectivity index (χ2v) is 16.5. The third-order valence-electron chi connectivity index (χ3n) is 10.6. The van der Waals surface area contributed by atoms with Crippen molar-refractivity contribution in [3.8, 4) is 0 Å². The maximum Gasteiger partial charge on any atom is 0.407 e. The fourth-order valence-corrected chi connectivity index (χ4v) is 6.70. The Morgan fingerprint density at radius 2 is 0.873 bits per heavy atom. The van der Waals surface area contributed by atoms with Crippen molar-refractivity contribution < 1.29 is 58.7 Å². The molecule has 2 unspecified atom stereocenters. The van der Waals surface area contributed by atoms with Crippen LogP contribution >= 0.6 is 0 Å². The number of aliphatic hydroxyl groups is 4. The monoisotopic (exact) mass is 882 g/mol. The normalized spacial score (nSPS) is 15.1. The molecule has 2 atom stereocenters. The summed E-state index contributed by atoms with van der Waals surface area (Å²) in [6.45, 7) is 8.50. The Kier molecular flexibility index (Phi) is 21.8. The van der Waals surface area contributed by atoms with Crippen molar-refractivity contribution >= 4 is 41.3 Å². The molecule has 2 heterocycles. The van der Waals surface area contributed by atoms with E-state index in [4.69, 9.17) is 20.7 Å². The molecule has 5 amide bonds. The second-order valence-electron chi connectivity index (χ2n) is 16.5. The quantitative estimate of drug-likeness (QED) is 0.112. The Balaban J connectivity index is 0.000000344. The average Bonchev–Trinajstić information content (AvgIpc) is 3.29. The predicted octanol–water partition coefficient (Wildman–Crippen LogP) is 0.468. The number of ether oxygens (including phenoxy) is 1. The van der Waals surface area contributed by atoms with Gasteiger partial charge in [0.15, 0.2) is 11.6 Å². The standard InChI is InChI=1S/C25H37N3O7.C20H29N3O5/c1-25(2,3)35-24(34)26-16-19-6-4-18(5-7-19)8-10-22(32)27-12-14-28(15-13-27)23(33)11-9-20(30)21(31)17-29;21-13-16-3-1-15(2-4-16)5-7-19(27)22-9-11-23(12-10-22)20(28)8-6-17(25)18(26)14-24/h4-7,21,29,31H,8-17H2,1-3H3,(H,26,34);1-4,18,24,26H,5-14,21H2. The Morgan fingerprint density at radius 3 is 1.19 bits per heavy atom. The maximum absolute atomic E-state index is 12.6. The number of benzene rings is 2. The first-order valence-electron chi connectivity index (χ1n) is 21.5. The topological polar surface area (TPSA) is 261 Å². The van der Waals surface area contributed by atoms with Crippen LogP contribution in [-0.2, 0) is 59.4 Å². The van der Waals surface area contributed by atoms with Gasteiger partial charge in [-0.15, -0.1) is 0 Å². The smallest absolute Gasteiger partial charge is 0.407 e. The maximum atomic E-state index is 12.6. The Bertz CT molecular complexity index is 1800. The molecule has 2 aliphatic rings. The molecule has 2 aromatic rings. The van der Waals surface area contributed by atoms with E-state index in [0.29, 0.717) is 91.1 Å². The van der Waals surface area contributed by atoms with E-state index in [1.807, 2.05) is 48.5 Å². The van der Waals surface area contributed by atoms with E-state index in [1.165, 1.54) is 0 Å². The molecule has 2 fully saturated rings. The van der Waals surface area contributed by atoms with Crippen LogP contribution in [0.25, 0.3) is 0 Å². The summed E-state index contributed by atoms with van der Waals surface area (Å²) >= 11 is 0. The molecule has 0 aromatic heterocycles. The zero-order valence-electron chi connectivity index (χ0n) is 36.8. The number of aliphatic hydroxyl groups excluding tert-OH is 4. The van der Waals surface area contributed by atoms with Crippen LogP contribution in [-0.4, -0.2) is 165 Å². The van der Waals surface area contributed by atoms with E-state index >= 15 is 0 Å². The lowest BCUT2D eigenvalue weighted by atomic mass is 10.1. The molecule has 18 heteroatoms. The van der Waals surface area contributed by atoms with E-state index in [2.05, 4.69) is 5.32 Å². The van der Waals surface area contributed by atoms with Crippen molar-refractivity contribution in [3.05, 3.63) is 70.8 Å². The summed E-state index contributed by atoms with van der Waals surface area (Å²) in [5, 5.41) is 38.7. The van der Waals surface area contributed by atoms with E-state index < -0.39 is 48.7 Å². The number of nitrogens with one attached hydrogen (secondary N) is 1. The first-order valence-corrected chi connectivity index (χ1v) is 21.5. The highest BCUT2D eigenvalue weighted by Gasteiger charge is 2.27. The van der Waals surface area contributed by atoms with Gasteiger partial charge < -0.3 is 55.8 Å². The van der Waals surface area contributed by atoms with Gasteiger partial charge >= 0.3 is 6.09 Å². The molecule has 7 N–H and O–H groups in total. The van der Waals surface area contributed by atoms with Crippen LogP contribution in [0.2, 0.25) is 0 Å². The number of ketones is 2. The zero-order valence-corrected chi connectivity index (χ0v) is 36.8. The molecular formula is C45H66N6O12. The number of Topliss-reactive ketones (excluding diaryl/α,β-unsaturated/α-hetero) is 2. The van der Waals surface area contributed by atoms with Crippen molar-refractivity contribution in [1.29, 1.82) is 0 Å². The zero-order chi connectivity index (χ0) is 46.5. The Morgan fingerprint density at radius 1 is 0.556 bits per heavy atom. The summed E-state index contributed by atoms with van der Waals surface area (Å²) < 4.78 is 5.21. The van der Waals surface area contributed by atoms with Gasteiger partial charge in [0.1, 0.15) is 17.8 Å². The van der Waals surface area contributed by atoms with Crippen LogP contribution in [0.15, 0.2) is 48.5 Å². The van der Waals surface area contributed by atoms with Crippen molar-refractivity contribution in [3.63, 3.8) is 0 Å². The van der Waals surface area contributed by atoms with Crippen molar-refractivity contribution in [1.82, 2.24) is 24.9 Å². The van der Waals surface area contributed by atoms with Gasteiger partial charge in [-0.25, -0.2) is 4.79 Å². The van der Waals surface area contributed by atoms with Crippen LogP contribution in [0.1, 0.15) is 81.5 Å². The molecule has 0 saturated carbocycles. The number of alkyl carbamates (subject to hydrolysis) is 1. The highest BCUT2D eigenvalue weighted by atomic mass is 16.6. The number of aryl methyl sites for hydroxylation is 2. The number of hydrogen-bond acceptors (Lipinski definition) is 13. The van der Waals surface area contributed by atoms with Crippen LogP contribution < -0.4 is 11.1 Å². The highest BCUT2D eigenvalue weighted by molar-refractivity contribution is 5.88. The number of carbonyl (C=O) groups is 7. The summed E-state index contributed by atoms with van der Waals surface area (Å²) in [4.78, 5) is 91.0. The van der Waals surface area contributed by atoms with Crippen LogP contribution in [0.3, 0.4) is 0 Å². The number of nitrogens with zero attached hydrogens (tertiary/aromatic N) is 4. The molecule has 0 bridgehead atoms. The van der Waals surface area contributed by atoms with Crippen molar-refractivity contribution in [2.45, 2.75) is 103 Å². The number of hydrogen-bond donors (Lipinski definition) is 6. The fourth-order valence-electron chi connectivity index (χ4n) is 6.70. The summed E-state index contributed by atoms with van der Waals surface area (Å²) in [5.74, 6) is -1.38. The highest BCUT2D eigenvalue weighted by Crippen LogP contribution is 2.14. The minimum Gasteiger partial charge on any atom is -0.444 e.